The summed E-state index contributed by atoms with van der Waals surface area (Å²) in [6.07, 6.45) is 3.07. The number of nitrogens with one attached hydrogen (secondary N) is 1. The monoisotopic (exact) mass is 520 g/mol. The van der Waals surface area contributed by atoms with Crippen LogP contribution in [0.3, 0.4) is 0 Å². The molecule has 0 aliphatic carbocycles. The lowest BCUT2D eigenvalue weighted by molar-refractivity contribution is -0.141. The van der Waals surface area contributed by atoms with Gasteiger partial charge in [-0.05, 0) is 53.8 Å². The van der Waals surface area contributed by atoms with Crippen molar-refractivity contribution in [3.63, 3.8) is 0 Å². The minimum atomic E-state index is -0.650. The molecule has 37 heavy (non-hydrogen) atoms. The van der Waals surface area contributed by atoms with Gasteiger partial charge in [-0.25, -0.2) is 0 Å². The first-order valence-electron chi connectivity index (χ1n) is 12.8. The first-order chi connectivity index (χ1) is 18.0. The average molecular weight is 521 g/mol. The van der Waals surface area contributed by atoms with Crippen molar-refractivity contribution in [2.75, 3.05) is 13.3 Å². The van der Waals surface area contributed by atoms with Crippen molar-refractivity contribution < 1.29 is 19.1 Å². The zero-order valence-electron chi connectivity index (χ0n) is 21.1. The second kappa shape index (κ2) is 13.2. The van der Waals surface area contributed by atoms with Crippen molar-refractivity contribution in [2.24, 2.45) is 0 Å². The highest BCUT2D eigenvalue weighted by Crippen LogP contribution is 2.33. The van der Waals surface area contributed by atoms with Gasteiger partial charge in [-0.2, -0.15) is 0 Å². The Morgan fingerprint density at radius 2 is 1.73 bits per heavy atom. The SMILES string of the molecule is CCCCNC(=O)C(Cc1ccccc1)N(Cc1cccc(Cl)c1)C(=O)CCc1ccc2c(c1)OCO2. The molecular weight excluding hydrogens is 488 g/mol. The van der Waals surface area contributed by atoms with Crippen molar-refractivity contribution in [1.29, 1.82) is 0 Å². The molecule has 0 saturated carbocycles. The second-order valence-electron chi connectivity index (χ2n) is 9.19. The molecule has 3 aromatic rings. The Morgan fingerprint density at radius 3 is 2.51 bits per heavy atom. The smallest absolute Gasteiger partial charge is 0.243 e. The fraction of sp³-hybridized carbons (Fsp3) is 0.333. The van der Waals surface area contributed by atoms with Crippen molar-refractivity contribution in [1.82, 2.24) is 10.2 Å². The zero-order valence-corrected chi connectivity index (χ0v) is 21.9. The third-order valence-corrected chi connectivity index (χ3v) is 6.64. The molecule has 6 nitrogen and oxygen atoms in total. The van der Waals surface area contributed by atoms with Crippen LogP contribution in [-0.2, 0) is 29.0 Å². The van der Waals surface area contributed by atoms with Crippen LogP contribution in [0, 0.1) is 0 Å². The van der Waals surface area contributed by atoms with Gasteiger partial charge in [0.15, 0.2) is 11.5 Å². The van der Waals surface area contributed by atoms with Gasteiger partial charge >= 0.3 is 0 Å². The first-order valence-corrected chi connectivity index (χ1v) is 13.2. The Labute approximate surface area is 223 Å². The third-order valence-electron chi connectivity index (χ3n) is 6.41. The normalized spacial score (nSPS) is 12.7. The number of fused-ring (bicyclic) bond motifs is 1. The van der Waals surface area contributed by atoms with E-state index in [4.69, 9.17) is 21.1 Å². The topological polar surface area (TPSA) is 67.9 Å². The fourth-order valence-corrected chi connectivity index (χ4v) is 4.60. The van der Waals surface area contributed by atoms with Gasteiger partial charge in [0.1, 0.15) is 6.04 Å². The van der Waals surface area contributed by atoms with Gasteiger partial charge in [0.05, 0.1) is 0 Å². The van der Waals surface area contributed by atoms with E-state index in [1.54, 1.807) is 11.0 Å². The molecule has 7 heteroatoms. The summed E-state index contributed by atoms with van der Waals surface area (Å²) in [6.45, 7) is 3.16. The van der Waals surface area contributed by atoms with Gasteiger partial charge in [0.25, 0.3) is 0 Å². The molecule has 0 aromatic heterocycles. The number of unbranched alkanes of at least 4 members (excludes halogenated alkanes) is 1. The maximum absolute atomic E-state index is 13.8. The van der Waals surface area contributed by atoms with E-state index in [1.807, 2.05) is 66.7 Å². The van der Waals surface area contributed by atoms with E-state index < -0.39 is 6.04 Å². The lowest BCUT2D eigenvalue weighted by Gasteiger charge is -2.32. The Bertz CT molecular complexity index is 1200. The summed E-state index contributed by atoms with van der Waals surface area (Å²) in [4.78, 5) is 28.9. The summed E-state index contributed by atoms with van der Waals surface area (Å²) in [5.74, 6) is 1.17. The van der Waals surface area contributed by atoms with Crippen molar-refractivity contribution in [2.45, 2.75) is 51.6 Å². The molecule has 1 aliphatic heterocycles. The summed E-state index contributed by atoms with van der Waals surface area (Å²) in [7, 11) is 0. The number of carbonyl (C=O) groups excluding carboxylic acids is 2. The Hall–Kier alpha value is -3.51. The van der Waals surface area contributed by atoms with Crippen LogP contribution in [0.4, 0.5) is 0 Å². The summed E-state index contributed by atoms with van der Waals surface area (Å²) in [6, 6.07) is 22.3. The van der Waals surface area contributed by atoms with Crippen LogP contribution in [0.25, 0.3) is 0 Å². The van der Waals surface area contributed by atoms with Gasteiger partial charge in [-0.1, -0.05) is 73.5 Å². The lowest BCUT2D eigenvalue weighted by atomic mass is 10.0. The van der Waals surface area contributed by atoms with E-state index in [1.165, 1.54) is 0 Å². The number of amides is 2. The van der Waals surface area contributed by atoms with Crippen LogP contribution in [0.15, 0.2) is 72.8 Å². The molecule has 0 saturated heterocycles. The van der Waals surface area contributed by atoms with E-state index in [0.29, 0.717) is 42.5 Å². The molecule has 1 heterocycles. The molecule has 1 unspecified atom stereocenters. The maximum atomic E-state index is 13.8. The van der Waals surface area contributed by atoms with E-state index in [9.17, 15) is 9.59 Å². The Balaban J connectivity index is 1.58. The number of rotatable bonds is 12. The summed E-state index contributed by atoms with van der Waals surface area (Å²) < 4.78 is 10.9. The molecule has 1 N–H and O–H groups in total. The van der Waals surface area contributed by atoms with Crippen molar-refractivity contribution in [3.8, 4) is 11.5 Å². The van der Waals surface area contributed by atoms with E-state index in [-0.39, 0.29) is 25.0 Å². The number of nitrogens with zero attached hydrogens (tertiary/aromatic N) is 1. The summed E-state index contributed by atoms with van der Waals surface area (Å²) in [5, 5.41) is 3.64. The minimum absolute atomic E-state index is 0.0933. The molecule has 3 aromatic carbocycles. The quantitative estimate of drug-likeness (QED) is 0.318. The molecule has 4 rings (SSSR count). The zero-order chi connectivity index (χ0) is 26.0. The summed E-state index contributed by atoms with van der Waals surface area (Å²) >= 11 is 6.25. The molecule has 1 atom stereocenters. The van der Waals surface area contributed by atoms with E-state index >= 15 is 0 Å². The van der Waals surface area contributed by atoms with Gasteiger partial charge in [0, 0.05) is 31.0 Å². The number of hydrogen-bond donors (Lipinski definition) is 1. The molecule has 2 amide bonds. The van der Waals surface area contributed by atoms with Crippen LogP contribution >= 0.6 is 11.6 Å². The lowest BCUT2D eigenvalue weighted by Crippen LogP contribution is -2.50. The predicted molar refractivity (Wildman–Crippen MR) is 145 cm³/mol. The highest BCUT2D eigenvalue weighted by atomic mass is 35.5. The first kappa shape index (κ1) is 26.6. The number of benzene rings is 3. The molecule has 1 aliphatic rings. The Kier molecular flexibility index (Phi) is 9.44. The standard InChI is InChI=1S/C30H33ClN2O4/c1-2-3-16-32-30(35)26(18-22-8-5-4-6-9-22)33(20-24-10-7-11-25(31)17-24)29(34)15-13-23-12-14-27-28(19-23)37-21-36-27/h4-12,14,17,19,26H,2-3,13,15-16,18,20-21H2,1H3,(H,32,35). The molecular formula is C30H33ClN2O4. The molecule has 0 radical (unpaired) electrons. The van der Waals surface area contributed by atoms with Gasteiger partial charge in [0.2, 0.25) is 18.6 Å². The molecule has 0 bridgehead atoms. The minimum Gasteiger partial charge on any atom is -0.454 e. The van der Waals surface area contributed by atoms with Gasteiger partial charge in [-0.15, -0.1) is 0 Å². The Morgan fingerprint density at radius 1 is 0.946 bits per heavy atom. The average Bonchev–Trinajstić information content (AvgIpc) is 3.38. The van der Waals surface area contributed by atoms with Crippen molar-refractivity contribution >= 4 is 23.4 Å². The van der Waals surface area contributed by atoms with E-state index in [0.717, 1.165) is 29.5 Å². The van der Waals surface area contributed by atoms with Crippen LogP contribution in [0.1, 0.15) is 42.9 Å². The predicted octanol–water partition coefficient (Wildman–Crippen LogP) is 5.56. The van der Waals surface area contributed by atoms with Crippen molar-refractivity contribution in [3.05, 3.63) is 94.5 Å². The number of ether oxygens (including phenoxy) is 2. The molecule has 194 valence electrons. The second-order valence-corrected chi connectivity index (χ2v) is 9.63. The van der Waals surface area contributed by atoms with Crippen LogP contribution in [0.5, 0.6) is 11.5 Å². The summed E-state index contributed by atoms with van der Waals surface area (Å²) in [5.41, 5.74) is 2.86. The molecule has 0 fully saturated rings. The highest BCUT2D eigenvalue weighted by Gasteiger charge is 2.30. The highest BCUT2D eigenvalue weighted by molar-refractivity contribution is 6.30. The number of aryl methyl sites for hydroxylation is 1. The third kappa shape index (κ3) is 7.49. The number of halogens is 1. The number of hydrogen-bond acceptors (Lipinski definition) is 4. The van der Waals surface area contributed by atoms with Gasteiger partial charge < -0.3 is 19.7 Å². The maximum Gasteiger partial charge on any atom is 0.243 e. The number of carbonyl (C=O) groups is 2. The van der Waals surface area contributed by atoms with Crippen LogP contribution in [-0.4, -0.2) is 36.1 Å². The largest absolute Gasteiger partial charge is 0.454 e. The van der Waals surface area contributed by atoms with Gasteiger partial charge in [-0.3, -0.25) is 9.59 Å². The molecule has 0 spiro atoms. The fourth-order valence-electron chi connectivity index (χ4n) is 4.38. The van der Waals surface area contributed by atoms with E-state index in [2.05, 4.69) is 12.2 Å². The van der Waals surface area contributed by atoms with Crippen LogP contribution in [0.2, 0.25) is 5.02 Å². The van der Waals surface area contributed by atoms with Crippen LogP contribution < -0.4 is 14.8 Å².